The first-order valence-corrected chi connectivity index (χ1v) is 5.75. The van der Waals surface area contributed by atoms with Crippen molar-refractivity contribution < 1.29 is 24.0 Å². The van der Waals surface area contributed by atoms with Crippen LogP contribution in [-0.4, -0.2) is 0 Å². The van der Waals surface area contributed by atoms with Gasteiger partial charge in [0, 0.05) is 0 Å². The second kappa shape index (κ2) is 9.68. The maximum absolute atomic E-state index is 11.2. The van der Waals surface area contributed by atoms with E-state index in [1.807, 2.05) is 6.08 Å². The zero-order valence-electron chi connectivity index (χ0n) is 9.56. The van der Waals surface area contributed by atoms with Crippen molar-refractivity contribution in [1.82, 2.24) is 0 Å². The molecule has 0 N–H and O–H groups in total. The van der Waals surface area contributed by atoms with Crippen molar-refractivity contribution in [2.75, 3.05) is 0 Å². The standard InChI is InChI=1S/C12H22O.Li/c13-12-10-8-6-4-2-1-3-5-7-9-11-12;/h10,13H,1-9,11H2;/q;+1/p-1/b12-10+;. The van der Waals surface area contributed by atoms with Gasteiger partial charge in [-0.1, -0.05) is 51.0 Å². The first-order valence-electron chi connectivity index (χ1n) is 5.75. The molecule has 0 bridgehead atoms. The van der Waals surface area contributed by atoms with E-state index in [1.165, 1.54) is 44.9 Å². The summed E-state index contributed by atoms with van der Waals surface area (Å²) in [6.07, 6.45) is 14.0. The van der Waals surface area contributed by atoms with E-state index in [9.17, 15) is 5.11 Å². The van der Waals surface area contributed by atoms with Crippen LogP contribution in [0.4, 0.5) is 0 Å². The third-order valence-electron chi connectivity index (χ3n) is 2.75. The molecule has 1 aliphatic carbocycles. The van der Waals surface area contributed by atoms with E-state index in [0.717, 1.165) is 19.3 Å². The molecule has 0 aromatic heterocycles. The molecule has 0 spiro atoms. The fourth-order valence-corrected chi connectivity index (χ4v) is 1.87. The number of allylic oxidation sites excluding steroid dienone is 2. The Kier molecular flexibility index (Phi) is 9.78. The molecular formula is C12H21LiO. The van der Waals surface area contributed by atoms with E-state index >= 15 is 0 Å². The summed E-state index contributed by atoms with van der Waals surface area (Å²) in [5.41, 5.74) is 0. The van der Waals surface area contributed by atoms with Crippen LogP contribution in [-0.2, 0) is 0 Å². The van der Waals surface area contributed by atoms with Gasteiger partial charge in [0.1, 0.15) is 0 Å². The molecule has 0 saturated carbocycles. The SMILES string of the molecule is [Li+].[O-]/C1=C/CCCCCCCCCC1. The average Bonchev–Trinajstić information content (AvgIpc) is 2.11. The smallest absolute Gasteiger partial charge is 0.876 e. The van der Waals surface area contributed by atoms with Gasteiger partial charge in [-0.3, -0.25) is 0 Å². The molecular weight excluding hydrogens is 167 g/mol. The Morgan fingerprint density at radius 2 is 1.29 bits per heavy atom. The van der Waals surface area contributed by atoms with Crippen LogP contribution in [0, 0.1) is 0 Å². The van der Waals surface area contributed by atoms with Gasteiger partial charge in [-0.15, -0.1) is 5.76 Å². The van der Waals surface area contributed by atoms with Crippen molar-refractivity contribution in [3.63, 3.8) is 0 Å². The van der Waals surface area contributed by atoms with Gasteiger partial charge in [0.2, 0.25) is 0 Å². The summed E-state index contributed by atoms with van der Waals surface area (Å²) in [4.78, 5) is 0. The first kappa shape index (κ1) is 14.1. The Morgan fingerprint density at radius 1 is 0.786 bits per heavy atom. The second-order valence-corrected chi connectivity index (χ2v) is 4.04. The van der Waals surface area contributed by atoms with Crippen LogP contribution in [0.2, 0.25) is 0 Å². The molecule has 0 aliphatic heterocycles. The minimum absolute atomic E-state index is 0. The Labute approximate surface area is 100 Å². The van der Waals surface area contributed by atoms with Gasteiger partial charge in [-0.2, -0.15) is 0 Å². The summed E-state index contributed by atoms with van der Waals surface area (Å²) in [7, 11) is 0. The molecule has 0 fully saturated rings. The van der Waals surface area contributed by atoms with Crippen LogP contribution in [0.1, 0.15) is 64.2 Å². The molecule has 0 saturated heterocycles. The normalized spacial score (nSPS) is 24.7. The van der Waals surface area contributed by atoms with Crippen molar-refractivity contribution >= 4 is 0 Å². The van der Waals surface area contributed by atoms with Gasteiger partial charge >= 0.3 is 18.9 Å². The Bertz CT molecular complexity index is 154. The maximum Gasteiger partial charge on any atom is 1.00 e. The molecule has 1 aliphatic rings. The van der Waals surface area contributed by atoms with Gasteiger partial charge < -0.3 is 5.11 Å². The fourth-order valence-electron chi connectivity index (χ4n) is 1.87. The number of rotatable bonds is 0. The third kappa shape index (κ3) is 7.53. The summed E-state index contributed by atoms with van der Waals surface area (Å²) >= 11 is 0. The summed E-state index contributed by atoms with van der Waals surface area (Å²) < 4.78 is 0. The minimum Gasteiger partial charge on any atom is -0.876 e. The fraction of sp³-hybridized carbons (Fsp3) is 0.833. The summed E-state index contributed by atoms with van der Waals surface area (Å²) in [5.74, 6) is 0.376. The van der Waals surface area contributed by atoms with Crippen LogP contribution < -0.4 is 24.0 Å². The molecule has 0 aromatic carbocycles. The van der Waals surface area contributed by atoms with Gasteiger partial charge in [-0.25, -0.2) is 0 Å². The van der Waals surface area contributed by atoms with Crippen molar-refractivity contribution in [3.05, 3.63) is 11.8 Å². The topological polar surface area (TPSA) is 23.1 Å². The van der Waals surface area contributed by atoms with Crippen molar-refractivity contribution in [3.8, 4) is 0 Å². The van der Waals surface area contributed by atoms with Crippen LogP contribution in [0.3, 0.4) is 0 Å². The Morgan fingerprint density at radius 3 is 1.93 bits per heavy atom. The first-order chi connectivity index (χ1) is 6.39. The number of hydrogen-bond acceptors (Lipinski definition) is 1. The van der Waals surface area contributed by atoms with E-state index in [1.54, 1.807) is 0 Å². The molecule has 14 heavy (non-hydrogen) atoms. The van der Waals surface area contributed by atoms with Gasteiger partial charge in [-0.05, 0) is 19.3 Å². The quantitative estimate of drug-likeness (QED) is 0.496. The van der Waals surface area contributed by atoms with E-state index < -0.39 is 0 Å². The number of hydrogen-bond donors (Lipinski definition) is 0. The van der Waals surface area contributed by atoms with Crippen LogP contribution >= 0.6 is 0 Å². The predicted octanol–water partition coefficient (Wildman–Crippen LogP) is 0.149. The van der Waals surface area contributed by atoms with Gasteiger partial charge in [0.05, 0.1) is 0 Å². The molecule has 0 radical (unpaired) electrons. The zero-order valence-corrected chi connectivity index (χ0v) is 9.56. The third-order valence-corrected chi connectivity index (χ3v) is 2.75. The van der Waals surface area contributed by atoms with E-state index in [0.29, 0.717) is 5.76 Å². The van der Waals surface area contributed by atoms with Crippen molar-refractivity contribution in [2.24, 2.45) is 0 Å². The predicted molar refractivity (Wildman–Crippen MR) is 54.3 cm³/mol. The molecule has 2 heteroatoms. The Balaban J connectivity index is 0.00000169. The second-order valence-electron chi connectivity index (χ2n) is 4.04. The van der Waals surface area contributed by atoms with Crippen LogP contribution in [0.5, 0.6) is 0 Å². The zero-order chi connectivity index (χ0) is 9.36. The van der Waals surface area contributed by atoms with Crippen molar-refractivity contribution in [1.29, 1.82) is 0 Å². The maximum atomic E-state index is 11.2. The van der Waals surface area contributed by atoms with Gasteiger partial charge in [0.15, 0.2) is 0 Å². The molecule has 0 aromatic rings. The van der Waals surface area contributed by atoms with E-state index in [4.69, 9.17) is 0 Å². The minimum atomic E-state index is 0. The molecule has 0 atom stereocenters. The van der Waals surface area contributed by atoms with Gasteiger partial charge in [0.25, 0.3) is 0 Å². The van der Waals surface area contributed by atoms with Crippen LogP contribution in [0.15, 0.2) is 11.8 Å². The van der Waals surface area contributed by atoms with E-state index in [2.05, 4.69) is 0 Å². The summed E-state index contributed by atoms with van der Waals surface area (Å²) in [6, 6.07) is 0. The molecule has 0 heterocycles. The molecule has 0 amide bonds. The Hall–Kier alpha value is 0.137. The largest absolute Gasteiger partial charge is 1.00 e. The monoisotopic (exact) mass is 188 g/mol. The van der Waals surface area contributed by atoms with E-state index in [-0.39, 0.29) is 18.9 Å². The molecule has 1 nitrogen and oxygen atoms in total. The summed E-state index contributed by atoms with van der Waals surface area (Å²) in [6.45, 7) is 0. The summed E-state index contributed by atoms with van der Waals surface area (Å²) in [5, 5.41) is 11.2. The molecule has 0 unspecified atom stereocenters. The molecule has 1 rings (SSSR count). The average molecular weight is 188 g/mol. The molecule has 76 valence electrons. The van der Waals surface area contributed by atoms with Crippen LogP contribution in [0.25, 0.3) is 0 Å². The van der Waals surface area contributed by atoms with Crippen molar-refractivity contribution in [2.45, 2.75) is 64.2 Å².